The highest BCUT2D eigenvalue weighted by Crippen LogP contribution is 2.50. The van der Waals surface area contributed by atoms with E-state index in [9.17, 15) is 24.6 Å². The van der Waals surface area contributed by atoms with E-state index in [1.165, 1.54) is 41.1 Å². The lowest BCUT2D eigenvalue weighted by Crippen LogP contribution is -2.70. The topological polar surface area (TPSA) is 119 Å². The van der Waals surface area contributed by atoms with Gasteiger partial charge in [-0.3, -0.25) is 14.6 Å². The van der Waals surface area contributed by atoms with Gasteiger partial charge in [-0.15, -0.1) is 11.8 Å². The van der Waals surface area contributed by atoms with Gasteiger partial charge in [0.25, 0.3) is 0 Å². The molecule has 2 aliphatic rings. The van der Waals surface area contributed by atoms with Crippen molar-refractivity contribution in [3.05, 3.63) is 64.7 Å². The van der Waals surface area contributed by atoms with Gasteiger partial charge in [0.2, 0.25) is 11.8 Å². The smallest absolute Gasteiger partial charge is 0.327 e. The zero-order valence-corrected chi connectivity index (χ0v) is 19.4. The Morgan fingerprint density at radius 3 is 2.61 bits per heavy atom. The number of fused-ring (bicyclic) bond motifs is 1. The van der Waals surface area contributed by atoms with Crippen molar-refractivity contribution < 1.29 is 24.6 Å². The Morgan fingerprint density at radius 1 is 1.24 bits per heavy atom. The first-order valence-electron chi connectivity index (χ1n) is 10.2. The number of phenolic OH excluding ortho intramolecular Hbond substituents is 1. The third-order valence-corrected chi connectivity index (χ3v) is 7.50. The van der Waals surface area contributed by atoms with Crippen LogP contribution in [0.1, 0.15) is 31.0 Å². The van der Waals surface area contributed by atoms with Crippen LogP contribution < -0.4 is 5.32 Å². The molecular formula is C23H22ClN3O5S. The number of halogens is 1. The number of carbonyl (C=O) groups excluding carboxylic acids is 2. The average molecular weight is 488 g/mol. The van der Waals surface area contributed by atoms with Crippen molar-refractivity contribution in [2.45, 2.75) is 42.1 Å². The number of carboxylic acids is 1. The van der Waals surface area contributed by atoms with Crippen LogP contribution in [-0.4, -0.2) is 61.3 Å². The van der Waals surface area contributed by atoms with Crippen molar-refractivity contribution in [1.82, 2.24) is 10.2 Å². The van der Waals surface area contributed by atoms with Gasteiger partial charge in [0.05, 0.1) is 0 Å². The first-order chi connectivity index (χ1) is 15.6. The standard InChI is InChI=1S/C23H22ClN3O5S/c1-23(2)18(22(31)32)27-20(30)17(21(27)33-23)26-19(29)16(12-6-4-3-5-7-12)25-11-13-10-14(24)8-9-15(13)28/h3-11,16-18,21,28H,1-2H3,(H,26,29)(H,31,32)/t16?,17-,18+,21-/m1/s1. The van der Waals surface area contributed by atoms with Gasteiger partial charge >= 0.3 is 5.97 Å². The Balaban J connectivity index is 1.57. The number of rotatable bonds is 6. The van der Waals surface area contributed by atoms with Gasteiger partial charge in [0.1, 0.15) is 23.2 Å². The van der Waals surface area contributed by atoms with Crippen LogP contribution in [-0.2, 0) is 14.4 Å². The van der Waals surface area contributed by atoms with Crippen molar-refractivity contribution >= 4 is 47.4 Å². The van der Waals surface area contributed by atoms with Gasteiger partial charge < -0.3 is 20.4 Å². The summed E-state index contributed by atoms with van der Waals surface area (Å²) in [5.74, 6) is -2.04. The molecule has 2 aromatic rings. The second kappa shape index (κ2) is 8.72. The normalized spacial score (nSPS) is 24.3. The summed E-state index contributed by atoms with van der Waals surface area (Å²) in [6.07, 6.45) is 1.36. The van der Waals surface area contributed by atoms with Crippen LogP contribution in [0.2, 0.25) is 5.02 Å². The molecule has 8 nitrogen and oxygen atoms in total. The summed E-state index contributed by atoms with van der Waals surface area (Å²) in [6.45, 7) is 3.55. The van der Waals surface area contributed by atoms with Crippen LogP contribution in [0, 0.1) is 0 Å². The number of carboxylic acid groups (broad SMARTS) is 1. The number of aliphatic imine (C=N–C) groups is 1. The fourth-order valence-electron chi connectivity index (χ4n) is 4.10. The molecular weight excluding hydrogens is 466 g/mol. The number of nitrogens with zero attached hydrogens (tertiary/aromatic N) is 2. The van der Waals surface area contributed by atoms with E-state index in [0.717, 1.165) is 0 Å². The molecule has 3 N–H and O–H groups in total. The zero-order chi connectivity index (χ0) is 23.9. The molecule has 2 aliphatic heterocycles. The molecule has 0 bridgehead atoms. The Hall–Kier alpha value is -3.04. The molecule has 33 heavy (non-hydrogen) atoms. The molecule has 0 radical (unpaired) electrons. The highest BCUT2D eigenvalue weighted by molar-refractivity contribution is 8.01. The number of thioether (sulfide) groups is 1. The SMILES string of the molecule is CC1(C)S[C@@H]2[C@H](NC(=O)C(N=Cc3cc(Cl)ccc3O)c3ccccc3)C(=O)N2[C@H]1C(=O)O. The Bertz CT molecular complexity index is 1140. The molecule has 2 fully saturated rings. The molecule has 2 aromatic carbocycles. The number of benzene rings is 2. The summed E-state index contributed by atoms with van der Waals surface area (Å²) < 4.78 is -0.688. The fourth-order valence-corrected chi connectivity index (χ4v) is 5.91. The predicted octanol–water partition coefficient (Wildman–Crippen LogP) is 2.84. The van der Waals surface area contributed by atoms with E-state index >= 15 is 0 Å². The van der Waals surface area contributed by atoms with Gasteiger partial charge in [0, 0.05) is 21.5 Å². The first kappa shape index (κ1) is 23.1. The van der Waals surface area contributed by atoms with E-state index in [2.05, 4.69) is 10.3 Å². The molecule has 2 saturated heterocycles. The predicted molar refractivity (Wildman–Crippen MR) is 126 cm³/mol. The lowest BCUT2D eigenvalue weighted by atomic mass is 9.95. The summed E-state index contributed by atoms with van der Waals surface area (Å²) >= 11 is 7.35. The molecule has 2 heterocycles. The van der Waals surface area contributed by atoms with Crippen LogP contribution in [0.15, 0.2) is 53.5 Å². The quantitative estimate of drug-likeness (QED) is 0.426. The molecule has 0 aliphatic carbocycles. The minimum atomic E-state index is -1.07. The fraction of sp³-hybridized carbons (Fsp3) is 0.304. The Morgan fingerprint density at radius 2 is 1.94 bits per heavy atom. The van der Waals surface area contributed by atoms with E-state index in [1.54, 1.807) is 38.1 Å². The van der Waals surface area contributed by atoms with Crippen LogP contribution in [0.5, 0.6) is 5.75 Å². The molecule has 4 rings (SSSR count). The monoisotopic (exact) mass is 487 g/mol. The van der Waals surface area contributed by atoms with Gasteiger partial charge in [-0.25, -0.2) is 4.79 Å². The van der Waals surface area contributed by atoms with E-state index in [1.807, 2.05) is 6.07 Å². The van der Waals surface area contributed by atoms with Crippen molar-refractivity contribution in [2.75, 3.05) is 0 Å². The van der Waals surface area contributed by atoms with Gasteiger partial charge in [0.15, 0.2) is 6.04 Å². The second-order valence-electron chi connectivity index (χ2n) is 8.38. The maximum atomic E-state index is 13.2. The highest BCUT2D eigenvalue weighted by Gasteiger charge is 2.64. The van der Waals surface area contributed by atoms with Crippen LogP contribution >= 0.6 is 23.4 Å². The molecule has 0 aromatic heterocycles. The minimum Gasteiger partial charge on any atom is -0.507 e. The summed E-state index contributed by atoms with van der Waals surface area (Å²) in [4.78, 5) is 43.4. The van der Waals surface area contributed by atoms with E-state index in [0.29, 0.717) is 16.1 Å². The number of nitrogens with one attached hydrogen (secondary N) is 1. The van der Waals surface area contributed by atoms with E-state index in [4.69, 9.17) is 11.6 Å². The second-order valence-corrected chi connectivity index (χ2v) is 10.6. The number of amides is 2. The maximum Gasteiger partial charge on any atom is 0.327 e. The number of phenols is 1. The number of aromatic hydroxyl groups is 1. The zero-order valence-electron chi connectivity index (χ0n) is 17.8. The average Bonchev–Trinajstić information content (AvgIpc) is 3.03. The first-order valence-corrected chi connectivity index (χ1v) is 11.5. The molecule has 0 spiro atoms. The van der Waals surface area contributed by atoms with Crippen molar-refractivity contribution in [2.24, 2.45) is 4.99 Å². The van der Waals surface area contributed by atoms with E-state index in [-0.39, 0.29) is 5.75 Å². The summed E-state index contributed by atoms with van der Waals surface area (Å²) in [5.41, 5.74) is 0.943. The lowest BCUT2D eigenvalue weighted by molar-refractivity contribution is -0.161. The minimum absolute atomic E-state index is 0.0375. The van der Waals surface area contributed by atoms with Crippen LogP contribution in [0.4, 0.5) is 0 Å². The molecule has 10 heteroatoms. The molecule has 0 saturated carbocycles. The number of aliphatic carboxylic acids is 1. The number of hydrogen-bond donors (Lipinski definition) is 3. The van der Waals surface area contributed by atoms with Crippen LogP contribution in [0.25, 0.3) is 0 Å². The number of β-lactam (4-membered cyclic amide) rings is 1. The number of carbonyl (C=O) groups is 3. The van der Waals surface area contributed by atoms with Crippen molar-refractivity contribution in [3.63, 3.8) is 0 Å². The third kappa shape index (κ3) is 4.30. The lowest BCUT2D eigenvalue weighted by Gasteiger charge is -2.43. The van der Waals surface area contributed by atoms with Crippen LogP contribution in [0.3, 0.4) is 0 Å². The summed E-state index contributed by atoms with van der Waals surface area (Å²) in [7, 11) is 0. The molecule has 1 unspecified atom stereocenters. The Labute approximate surface area is 199 Å². The van der Waals surface area contributed by atoms with Crippen molar-refractivity contribution in [3.8, 4) is 5.75 Å². The molecule has 2 amide bonds. The number of hydrogen-bond acceptors (Lipinski definition) is 6. The largest absolute Gasteiger partial charge is 0.507 e. The maximum absolute atomic E-state index is 13.2. The summed E-state index contributed by atoms with van der Waals surface area (Å²) in [6, 6.07) is 10.5. The summed E-state index contributed by atoms with van der Waals surface area (Å²) in [5, 5.41) is 22.3. The van der Waals surface area contributed by atoms with Gasteiger partial charge in [-0.05, 0) is 37.6 Å². The highest BCUT2D eigenvalue weighted by atomic mass is 35.5. The molecule has 172 valence electrons. The van der Waals surface area contributed by atoms with Gasteiger partial charge in [-0.1, -0.05) is 41.9 Å². The Kier molecular flexibility index (Phi) is 6.11. The van der Waals surface area contributed by atoms with Gasteiger partial charge in [-0.2, -0.15) is 0 Å². The molecule has 4 atom stereocenters. The third-order valence-electron chi connectivity index (χ3n) is 5.69. The van der Waals surface area contributed by atoms with E-state index < -0.39 is 46.0 Å². The van der Waals surface area contributed by atoms with Crippen molar-refractivity contribution in [1.29, 1.82) is 0 Å².